The molecule has 0 rings (SSSR count). The first kappa shape index (κ1) is 41.8. The second kappa shape index (κ2) is 26.0. The topological polar surface area (TPSA) is 80.9 Å². The number of hydrogen-bond acceptors (Lipinski definition) is 4. The third-order valence-electron chi connectivity index (χ3n) is 9.09. The van der Waals surface area contributed by atoms with E-state index in [4.69, 9.17) is 0 Å². The van der Waals surface area contributed by atoms with Crippen LogP contribution in [0.3, 0.4) is 0 Å². The minimum atomic E-state index is -0.362. The first-order valence-corrected chi connectivity index (χ1v) is 18.4. The van der Waals surface area contributed by atoms with E-state index in [-0.39, 0.29) is 24.4 Å². The summed E-state index contributed by atoms with van der Waals surface area (Å²) in [6.07, 6.45) is 21.0. The minimum Gasteiger partial charge on any atom is -0.388 e. The van der Waals surface area contributed by atoms with Crippen molar-refractivity contribution in [1.29, 1.82) is 0 Å². The normalized spacial score (nSPS) is 17.9. The van der Waals surface area contributed by atoms with Crippen LogP contribution in [0.4, 0.5) is 0 Å². The molecular weight excluding hydrogens is 524 g/mol. The highest BCUT2D eigenvalue weighted by atomic mass is 16.3. The molecule has 0 aliphatic rings. The molecule has 0 saturated heterocycles. The summed E-state index contributed by atoms with van der Waals surface area (Å²) in [6, 6.07) is 0. The van der Waals surface area contributed by atoms with Crippen LogP contribution in [0.25, 0.3) is 0 Å². The van der Waals surface area contributed by atoms with Crippen molar-refractivity contribution in [3.63, 3.8) is 0 Å². The minimum absolute atomic E-state index is 0.362. The molecule has 0 aromatic heterocycles. The van der Waals surface area contributed by atoms with Crippen LogP contribution in [0.5, 0.6) is 0 Å². The predicted molar refractivity (Wildman–Crippen MR) is 181 cm³/mol. The fraction of sp³-hybridized carbons (Fsp3) is 1.00. The van der Waals surface area contributed by atoms with Crippen molar-refractivity contribution in [3.05, 3.63) is 0 Å². The number of quaternary nitrogens is 2. The van der Waals surface area contributed by atoms with Gasteiger partial charge in [-0.2, -0.15) is 0 Å². The Hall–Kier alpha value is -0.240. The highest BCUT2D eigenvalue weighted by Gasteiger charge is 2.31. The maximum atomic E-state index is 10.4. The van der Waals surface area contributed by atoms with Crippen molar-refractivity contribution in [2.24, 2.45) is 0 Å². The highest BCUT2D eigenvalue weighted by Crippen LogP contribution is 2.20. The van der Waals surface area contributed by atoms with E-state index in [0.29, 0.717) is 0 Å². The Bertz CT molecular complexity index is 513. The zero-order valence-corrected chi connectivity index (χ0v) is 29.4. The quantitative estimate of drug-likeness (QED) is 0.0500. The molecule has 0 bridgehead atoms. The molecule has 0 aliphatic heterocycles. The first-order valence-electron chi connectivity index (χ1n) is 18.4. The maximum absolute atomic E-state index is 10.4. The molecule has 0 heterocycles. The molecule has 0 amide bonds. The van der Waals surface area contributed by atoms with Gasteiger partial charge in [0, 0.05) is 0 Å². The van der Waals surface area contributed by atoms with Gasteiger partial charge in [-0.15, -0.1) is 0 Å². The molecule has 0 radical (unpaired) electrons. The van der Waals surface area contributed by atoms with Crippen LogP contribution in [-0.4, -0.2) is 106 Å². The Balaban J connectivity index is 4.97. The fourth-order valence-corrected chi connectivity index (χ4v) is 7.40. The number of unbranched alkanes of at least 4 members (excludes halogenated alkanes) is 15. The van der Waals surface area contributed by atoms with Crippen molar-refractivity contribution in [1.82, 2.24) is 0 Å². The zero-order valence-electron chi connectivity index (χ0n) is 29.4. The summed E-state index contributed by atoms with van der Waals surface area (Å²) in [5.74, 6) is 0. The van der Waals surface area contributed by atoms with Crippen LogP contribution in [0.15, 0.2) is 0 Å². The van der Waals surface area contributed by atoms with Crippen molar-refractivity contribution in [2.45, 2.75) is 182 Å². The van der Waals surface area contributed by atoms with Gasteiger partial charge >= 0.3 is 0 Å². The van der Waals surface area contributed by atoms with Gasteiger partial charge in [0.2, 0.25) is 0 Å². The summed E-state index contributed by atoms with van der Waals surface area (Å²) in [5.41, 5.74) is 0. The van der Waals surface area contributed by atoms with Gasteiger partial charge < -0.3 is 29.4 Å². The number of aliphatic hydroxyl groups is 4. The van der Waals surface area contributed by atoms with Crippen LogP contribution in [0.1, 0.15) is 157 Å². The third-order valence-corrected chi connectivity index (χ3v) is 9.09. The van der Waals surface area contributed by atoms with Gasteiger partial charge in [-0.25, -0.2) is 0 Å². The van der Waals surface area contributed by atoms with E-state index in [2.05, 4.69) is 13.8 Å². The van der Waals surface area contributed by atoms with Gasteiger partial charge in [-0.05, 0) is 79.1 Å². The molecule has 0 fully saturated rings. The summed E-state index contributed by atoms with van der Waals surface area (Å²) in [6.45, 7) is 19.1. The van der Waals surface area contributed by atoms with E-state index in [1.54, 1.807) is 0 Å². The monoisotopic (exact) mass is 603 g/mol. The van der Waals surface area contributed by atoms with E-state index < -0.39 is 0 Å². The summed E-state index contributed by atoms with van der Waals surface area (Å²) < 4.78 is 1.65. The second-order valence-corrected chi connectivity index (χ2v) is 14.4. The summed E-state index contributed by atoms with van der Waals surface area (Å²) in [4.78, 5) is 0. The molecule has 0 aliphatic carbocycles. The van der Waals surface area contributed by atoms with Gasteiger partial charge in [-0.1, -0.05) is 78.1 Å². The lowest BCUT2D eigenvalue weighted by molar-refractivity contribution is -0.934. The SMILES string of the molecule is CCCCCCCCC[N+](CCCCCC[N+](CCCCCCCCC)(CC(C)O)CC(C)O)(CC(C)O)CC(C)O. The smallest absolute Gasteiger partial charge is 0.105 e. The van der Waals surface area contributed by atoms with Crippen LogP contribution >= 0.6 is 0 Å². The van der Waals surface area contributed by atoms with Crippen LogP contribution in [-0.2, 0) is 0 Å². The Morgan fingerprint density at radius 2 is 0.524 bits per heavy atom. The van der Waals surface area contributed by atoms with Gasteiger partial charge in [0.05, 0.1) is 26.2 Å². The van der Waals surface area contributed by atoms with Crippen molar-refractivity contribution >= 4 is 0 Å². The van der Waals surface area contributed by atoms with Crippen LogP contribution < -0.4 is 0 Å². The van der Waals surface area contributed by atoms with Crippen LogP contribution in [0.2, 0.25) is 0 Å². The number of nitrogens with zero attached hydrogens (tertiary/aromatic N) is 2. The van der Waals surface area contributed by atoms with E-state index in [1.165, 1.54) is 89.9 Å². The Kier molecular flexibility index (Phi) is 25.9. The van der Waals surface area contributed by atoms with Crippen molar-refractivity contribution in [2.75, 3.05) is 52.4 Å². The number of rotatable bonds is 31. The molecule has 254 valence electrons. The Morgan fingerprint density at radius 3 is 0.714 bits per heavy atom. The fourth-order valence-electron chi connectivity index (χ4n) is 7.40. The second-order valence-electron chi connectivity index (χ2n) is 14.4. The molecule has 6 heteroatoms. The van der Waals surface area contributed by atoms with E-state index in [1.807, 2.05) is 27.7 Å². The predicted octanol–water partition coefficient (Wildman–Crippen LogP) is 7.20. The average Bonchev–Trinajstić information content (AvgIpc) is 2.88. The lowest BCUT2D eigenvalue weighted by atomic mass is 10.1. The highest BCUT2D eigenvalue weighted by molar-refractivity contribution is 4.59. The third kappa shape index (κ3) is 23.2. The van der Waals surface area contributed by atoms with E-state index >= 15 is 0 Å². The van der Waals surface area contributed by atoms with E-state index in [9.17, 15) is 20.4 Å². The van der Waals surface area contributed by atoms with Gasteiger partial charge in [0.1, 0.15) is 50.6 Å². The molecule has 4 atom stereocenters. The van der Waals surface area contributed by atoms with Gasteiger partial charge in [0.25, 0.3) is 0 Å². The summed E-state index contributed by atoms with van der Waals surface area (Å²) in [5, 5.41) is 41.5. The number of aliphatic hydroxyl groups excluding tert-OH is 4. The molecule has 42 heavy (non-hydrogen) atoms. The van der Waals surface area contributed by atoms with Gasteiger partial charge in [-0.3, -0.25) is 0 Å². The first-order chi connectivity index (χ1) is 20.0. The lowest BCUT2D eigenvalue weighted by Crippen LogP contribution is -2.56. The molecule has 0 spiro atoms. The average molecular weight is 603 g/mol. The molecule has 0 aromatic rings. The standard InChI is InChI=1S/C36H78N2O4/c1-7-9-11-13-15-17-21-25-37(29-33(3)39,30-34(4)40)27-23-19-20-24-28-38(31-35(5)41,32-36(6)42)26-22-18-16-14-12-10-8-2/h33-36,39-42H,7-32H2,1-6H3/q+2. The maximum Gasteiger partial charge on any atom is 0.105 e. The van der Waals surface area contributed by atoms with Crippen LogP contribution in [0, 0.1) is 0 Å². The lowest BCUT2D eigenvalue weighted by Gasteiger charge is -2.41. The molecule has 4 unspecified atom stereocenters. The van der Waals surface area contributed by atoms with E-state index in [0.717, 1.165) is 87.0 Å². The molecular formula is C36H78N2O4+2. The Morgan fingerprint density at radius 1 is 0.333 bits per heavy atom. The largest absolute Gasteiger partial charge is 0.388 e. The zero-order chi connectivity index (χ0) is 31.7. The molecule has 6 nitrogen and oxygen atoms in total. The van der Waals surface area contributed by atoms with Crippen molar-refractivity contribution < 1.29 is 29.4 Å². The molecule has 0 aromatic carbocycles. The molecule has 4 N–H and O–H groups in total. The molecule has 0 saturated carbocycles. The van der Waals surface area contributed by atoms with Crippen molar-refractivity contribution in [3.8, 4) is 0 Å². The Labute approximate surface area is 263 Å². The van der Waals surface area contributed by atoms with Gasteiger partial charge in [0.15, 0.2) is 0 Å². The number of hydrogen-bond donors (Lipinski definition) is 4. The summed E-state index contributed by atoms with van der Waals surface area (Å²) in [7, 11) is 0. The summed E-state index contributed by atoms with van der Waals surface area (Å²) >= 11 is 0.